The molecule has 15 heavy (non-hydrogen) atoms. The van der Waals surface area contributed by atoms with Crippen LogP contribution in [0.5, 0.6) is 5.75 Å². The lowest BCUT2D eigenvalue weighted by atomic mass is 10.1. The zero-order chi connectivity index (χ0) is 10.8. The average molecular weight is 206 g/mol. The fraction of sp³-hybridized carbons (Fsp3) is 0.538. The van der Waals surface area contributed by atoms with Gasteiger partial charge in [-0.25, -0.2) is 0 Å². The van der Waals surface area contributed by atoms with Gasteiger partial charge in [-0.1, -0.05) is 17.7 Å². The van der Waals surface area contributed by atoms with Gasteiger partial charge in [0.2, 0.25) is 0 Å². The summed E-state index contributed by atoms with van der Waals surface area (Å²) in [6.07, 6.45) is 2.61. The number of aryl methyl sites for hydroxylation is 2. The molecule has 82 valence electrons. The molecule has 2 rings (SSSR count). The van der Waals surface area contributed by atoms with E-state index in [9.17, 15) is 5.11 Å². The topological polar surface area (TPSA) is 29.5 Å². The van der Waals surface area contributed by atoms with Gasteiger partial charge < -0.3 is 9.84 Å². The molecule has 2 atom stereocenters. The Balaban J connectivity index is 2.10. The van der Waals surface area contributed by atoms with Crippen molar-refractivity contribution in [2.45, 2.75) is 45.3 Å². The van der Waals surface area contributed by atoms with E-state index in [1.54, 1.807) is 0 Å². The van der Waals surface area contributed by atoms with Gasteiger partial charge in [-0.15, -0.1) is 0 Å². The minimum absolute atomic E-state index is 0.00796. The quantitative estimate of drug-likeness (QED) is 0.806. The first-order valence-electron chi connectivity index (χ1n) is 5.59. The van der Waals surface area contributed by atoms with E-state index in [0.29, 0.717) is 0 Å². The normalized spacial score (nSPS) is 25.5. The Labute approximate surface area is 90.9 Å². The minimum Gasteiger partial charge on any atom is -0.487 e. The van der Waals surface area contributed by atoms with Crippen LogP contribution < -0.4 is 4.74 Å². The molecule has 0 saturated heterocycles. The van der Waals surface area contributed by atoms with Gasteiger partial charge >= 0.3 is 0 Å². The van der Waals surface area contributed by atoms with Gasteiger partial charge in [0.1, 0.15) is 11.9 Å². The van der Waals surface area contributed by atoms with Crippen LogP contribution in [0.15, 0.2) is 18.2 Å². The van der Waals surface area contributed by atoms with E-state index in [1.807, 2.05) is 19.1 Å². The fourth-order valence-electron chi connectivity index (χ4n) is 2.14. The third kappa shape index (κ3) is 2.32. The summed E-state index contributed by atoms with van der Waals surface area (Å²) in [6, 6.07) is 6.15. The second kappa shape index (κ2) is 4.23. The smallest absolute Gasteiger partial charge is 0.124 e. The number of hydrogen-bond donors (Lipinski definition) is 1. The largest absolute Gasteiger partial charge is 0.487 e. The second-order valence-electron chi connectivity index (χ2n) is 4.42. The van der Waals surface area contributed by atoms with Crippen LogP contribution in [0.1, 0.15) is 30.4 Å². The zero-order valence-corrected chi connectivity index (χ0v) is 9.36. The summed E-state index contributed by atoms with van der Waals surface area (Å²) in [5, 5.41) is 9.67. The summed E-state index contributed by atoms with van der Waals surface area (Å²) in [5.74, 6) is 0.909. The van der Waals surface area contributed by atoms with E-state index in [0.717, 1.165) is 30.6 Å². The maximum absolute atomic E-state index is 9.67. The zero-order valence-electron chi connectivity index (χ0n) is 9.36. The lowest BCUT2D eigenvalue weighted by Gasteiger charge is -2.18. The fourth-order valence-corrected chi connectivity index (χ4v) is 2.14. The molecule has 0 bridgehead atoms. The Hall–Kier alpha value is -1.02. The van der Waals surface area contributed by atoms with E-state index in [1.165, 1.54) is 5.56 Å². The molecule has 2 heteroatoms. The second-order valence-corrected chi connectivity index (χ2v) is 4.42. The maximum Gasteiger partial charge on any atom is 0.124 e. The first-order valence-corrected chi connectivity index (χ1v) is 5.59. The van der Waals surface area contributed by atoms with Gasteiger partial charge in [0, 0.05) is 0 Å². The number of benzene rings is 1. The van der Waals surface area contributed by atoms with E-state index in [4.69, 9.17) is 4.74 Å². The minimum atomic E-state index is -0.286. The lowest BCUT2D eigenvalue weighted by molar-refractivity contribution is 0.0600. The highest BCUT2D eigenvalue weighted by Gasteiger charge is 2.27. The Morgan fingerprint density at radius 3 is 2.67 bits per heavy atom. The van der Waals surface area contributed by atoms with Crippen molar-refractivity contribution >= 4 is 0 Å². The number of hydrogen-bond acceptors (Lipinski definition) is 2. The van der Waals surface area contributed by atoms with Crippen molar-refractivity contribution in [3.8, 4) is 5.75 Å². The monoisotopic (exact) mass is 206 g/mol. The summed E-state index contributed by atoms with van der Waals surface area (Å²) in [4.78, 5) is 0. The van der Waals surface area contributed by atoms with Gasteiger partial charge in [0.25, 0.3) is 0 Å². The van der Waals surface area contributed by atoms with Crippen molar-refractivity contribution < 1.29 is 9.84 Å². The molecule has 0 aromatic heterocycles. The van der Waals surface area contributed by atoms with Crippen molar-refractivity contribution in [2.24, 2.45) is 0 Å². The molecule has 0 aliphatic heterocycles. The summed E-state index contributed by atoms with van der Waals surface area (Å²) in [6.45, 7) is 4.12. The number of rotatable bonds is 2. The van der Waals surface area contributed by atoms with Crippen LogP contribution in [0.25, 0.3) is 0 Å². The Bertz CT molecular complexity index is 346. The van der Waals surface area contributed by atoms with Crippen LogP contribution in [0, 0.1) is 13.8 Å². The third-order valence-corrected chi connectivity index (χ3v) is 3.03. The van der Waals surface area contributed by atoms with Crippen molar-refractivity contribution in [2.75, 3.05) is 0 Å². The molecule has 0 amide bonds. The molecule has 1 saturated carbocycles. The first-order chi connectivity index (χ1) is 7.16. The average Bonchev–Trinajstić information content (AvgIpc) is 2.57. The molecule has 0 spiro atoms. The van der Waals surface area contributed by atoms with Crippen LogP contribution in [0.2, 0.25) is 0 Å². The van der Waals surface area contributed by atoms with Gasteiger partial charge in [-0.3, -0.25) is 0 Å². The molecule has 1 aliphatic rings. The van der Waals surface area contributed by atoms with Gasteiger partial charge in [-0.2, -0.15) is 0 Å². The molecule has 1 aliphatic carbocycles. The van der Waals surface area contributed by atoms with Crippen LogP contribution in [0.4, 0.5) is 0 Å². The molecule has 1 fully saturated rings. The molecule has 1 aromatic rings. The molecule has 0 radical (unpaired) electrons. The predicted molar refractivity (Wildman–Crippen MR) is 60.2 cm³/mol. The number of ether oxygens (including phenoxy) is 1. The van der Waals surface area contributed by atoms with Gasteiger partial charge in [0.15, 0.2) is 0 Å². The number of aliphatic hydroxyl groups is 1. The maximum atomic E-state index is 9.67. The highest BCUT2D eigenvalue weighted by molar-refractivity contribution is 5.35. The van der Waals surface area contributed by atoms with Crippen molar-refractivity contribution in [3.63, 3.8) is 0 Å². The molecule has 0 heterocycles. The van der Waals surface area contributed by atoms with Crippen LogP contribution in [0.3, 0.4) is 0 Å². The van der Waals surface area contributed by atoms with Crippen molar-refractivity contribution in [3.05, 3.63) is 29.3 Å². The van der Waals surface area contributed by atoms with Gasteiger partial charge in [-0.05, 0) is 44.7 Å². The predicted octanol–water partition coefficient (Wildman–Crippen LogP) is 2.60. The van der Waals surface area contributed by atoms with Gasteiger partial charge in [0.05, 0.1) is 6.10 Å². The molecular formula is C13H18O2. The van der Waals surface area contributed by atoms with E-state index >= 15 is 0 Å². The Morgan fingerprint density at radius 2 is 2.07 bits per heavy atom. The highest BCUT2D eigenvalue weighted by Crippen LogP contribution is 2.27. The van der Waals surface area contributed by atoms with Crippen molar-refractivity contribution in [1.82, 2.24) is 0 Å². The SMILES string of the molecule is Cc1ccc(O[C@H]2CCC[C@@H]2O)c(C)c1. The van der Waals surface area contributed by atoms with Crippen LogP contribution in [-0.4, -0.2) is 17.3 Å². The first kappa shape index (κ1) is 10.5. The molecule has 1 N–H and O–H groups in total. The Kier molecular flexibility index (Phi) is 2.96. The molecule has 0 unspecified atom stereocenters. The Morgan fingerprint density at radius 1 is 1.27 bits per heavy atom. The van der Waals surface area contributed by atoms with E-state index in [-0.39, 0.29) is 12.2 Å². The summed E-state index contributed by atoms with van der Waals surface area (Å²) in [5.41, 5.74) is 2.39. The summed E-state index contributed by atoms with van der Waals surface area (Å²) < 4.78 is 5.82. The van der Waals surface area contributed by atoms with E-state index in [2.05, 4.69) is 13.0 Å². The number of aliphatic hydroxyl groups excluding tert-OH is 1. The summed E-state index contributed by atoms with van der Waals surface area (Å²) in [7, 11) is 0. The third-order valence-electron chi connectivity index (χ3n) is 3.03. The molecular weight excluding hydrogens is 188 g/mol. The van der Waals surface area contributed by atoms with Crippen molar-refractivity contribution in [1.29, 1.82) is 0 Å². The van der Waals surface area contributed by atoms with Crippen LogP contribution >= 0.6 is 0 Å². The van der Waals surface area contributed by atoms with Crippen LogP contribution in [-0.2, 0) is 0 Å². The molecule has 2 nitrogen and oxygen atoms in total. The molecule has 1 aromatic carbocycles. The lowest BCUT2D eigenvalue weighted by Crippen LogP contribution is -2.25. The highest BCUT2D eigenvalue weighted by atomic mass is 16.5. The standard InChI is InChI=1S/C13H18O2/c1-9-6-7-12(10(2)8-9)15-13-5-3-4-11(13)14/h6-8,11,13-14H,3-5H2,1-2H3/t11-,13-/m0/s1. The van der Waals surface area contributed by atoms with E-state index < -0.39 is 0 Å². The summed E-state index contributed by atoms with van der Waals surface area (Å²) >= 11 is 0.